The lowest BCUT2D eigenvalue weighted by molar-refractivity contribution is -0.146. The van der Waals surface area contributed by atoms with E-state index in [2.05, 4.69) is 15.5 Å². The maximum Gasteiger partial charge on any atom is 0.453 e. The molecule has 0 aliphatic carbocycles. The summed E-state index contributed by atoms with van der Waals surface area (Å²) in [7, 11) is 0. The molecule has 160 valence electrons. The second kappa shape index (κ2) is 9.48. The summed E-state index contributed by atoms with van der Waals surface area (Å²) in [6.07, 6.45) is -4.12. The Labute approximate surface area is 173 Å². The standard InChI is InChI=1S/C16H20F3N5O3S2/c1-4-27-13(26)11-9(5-8(2)3)6-28-12(11)21-10(25)7-29-15-23-22-14(24(15)20)16(17,18)19/h6,8H,4-5,7,20H2,1-3H3,(H,21,25). The van der Waals surface area contributed by atoms with Crippen molar-refractivity contribution in [1.29, 1.82) is 0 Å². The zero-order chi connectivity index (χ0) is 21.8. The van der Waals surface area contributed by atoms with Crippen molar-refractivity contribution in [2.45, 2.75) is 38.5 Å². The summed E-state index contributed by atoms with van der Waals surface area (Å²) in [5, 5.41) is 10.8. The molecule has 1 amide bonds. The van der Waals surface area contributed by atoms with Crippen molar-refractivity contribution in [2.75, 3.05) is 23.5 Å². The fourth-order valence-electron chi connectivity index (χ4n) is 2.36. The number of alkyl halides is 3. The number of halogens is 3. The first-order valence-corrected chi connectivity index (χ1v) is 10.4. The number of nitrogens with two attached hydrogens (primary N) is 1. The number of nitrogen functional groups attached to an aromatic ring is 1. The van der Waals surface area contributed by atoms with Crippen LogP contribution in [0.5, 0.6) is 0 Å². The highest BCUT2D eigenvalue weighted by molar-refractivity contribution is 7.99. The van der Waals surface area contributed by atoms with E-state index in [4.69, 9.17) is 10.6 Å². The molecule has 2 aromatic rings. The van der Waals surface area contributed by atoms with Gasteiger partial charge in [0.2, 0.25) is 11.1 Å². The number of ether oxygens (including phenoxy) is 1. The van der Waals surface area contributed by atoms with Crippen LogP contribution in [0.1, 0.15) is 42.5 Å². The minimum Gasteiger partial charge on any atom is -0.462 e. The number of amides is 1. The van der Waals surface area contributed by atoms with Crippen LogP contribution in [0.4, 0.5) is 18.2 Å². The van der Waals surface area contributed by atoms with E-state index in [1.54, 1.807) is 12.3 Å². The van der Waals surface area contributed by atoms with Crippen LogP contribution >= 0.6 is 23.1 Å². The number of rotatable bonds is 8. The number of hydrogen-bond acceptors (Lipinski definition) is 8. The molecule has 0 unspecified atom stereocenters. The SMILES string of the molecule is CCOC(=O)c1c(CC(C)C)csc1NC(=O)CSc1nnc(C(F)(F)F)n1N. The molecule has 29 heavy (non-hydrogen) atoms. The van der Waals surface area contributed by atoms with Crippen molar-refractivity contribution < 1.29 is 27.5 Å². The van der Waals surface area contributed by atoms with Crippen molar-refractivity contribution in [1.82, 2.24) is 14.9 Å². The fourth-order valence-corrected chi connectivity index (χ4v) is 4.00. The maximum atomic E-state index is 12.7. The largest absolute Gasteiger partial charge is 0.462 e. The Bertz CT molecular complexity index is 880. The van der Waals surface area contributed by atoms with Crippen molar-refractivity contribution in [2.24, 2.45) is 5.92 Å². The number of anilines is 1. The fraction of sp³-hybridized carbons (Fsp3) is 0.500. The molecule has 0 spiro atoms. The van der Waals surface area contributed by atoms with Crippen LogP contribution in [0, 0.1) is 5.92 Å². The van der Waals surface area contributed by atoms with E-state index in [1.165, 1.54) is 11.3 Å². The number of hydrogen-bond donors (Lipinski definition) is 2. The number of esters is 1. The Morgan fingerprint density at radius 3 is 2.62 bits per heavy atom. The summed E-state index contributed by atoms with van der Waals surface area (Å²) in [6, 6.07) is 0. The highest BCUT2D eigenvalue weighted by atomic mass is 32.2. The third-order valence-electron chi connectivity index (χ3n) is 3.48. The Hall–Kier alpha value is -2.28. The second-order valence-electron chi connectivity index (χ2n) is 6.29. The Morgan fingerprint density at radius 2 is 2.07 bits per heavy atom. The van der Waals surface area contributed by atoms with Gasteiger partial charge in [-0.3, -0.25) is 4.79 Å². The molecule has 0 saturated heterocycles. The highest BCUT2D eigenvalue weighted by Gasteiger charge is 2.38. The van der Waals surface area contributed by atoms with Crippen LogP contribution in [-0.2, 0) is 22.1 Å². The lowest BCUT2D eigenvalue weighted by Gasteiger charge is -2.10. The molecule has 0 atom stereocenters. The predicted octanol–water partition coefficient (Wildman–Crippen LogP) is 3.18. The molecular formula is C16H20F3N5O3S2. The number of thioether (sulfide) groups is 1. The topological polar surface area (TPSA) is 112 Å². The molecule has 2 rings (SSSR count). The quantitative estimate of drug-likeness (QED) is 0.360. The van der Waals surface area contributed by atoms with Gasteiger partial charge in [0, 0.05) is 0 Å². The molecule has 2 heterocycles. The molecule has 0 bridgehead atoms. The molecule has 0 fully saturated rings. The van der Waals surface area contributed by atoms with Gasteiger partial charge in [0.1, 0.15) is 5.00 Å². The molecule has 3 N–H and O–H groups in total. The van der Waals surface area contributed by atoms with Gasteiger partial charge in [0.05, 0.1) is 17.9 Å². The van der Waals surface area contributed by atoms with Crippen molar-refractivity contribution in [3.8, 4) is 0 Å². The van der Waals surface area contributed by atoms with Gasteiger partial charge >= 0.3 is 12.1 Å². The van der Waals surface area contributed by atoms with Crippen LogP contribution in [0.25, 0.3) is 0 Å². The van der Waals surface area contributed by atoms with Crippen LogP contribution in [0.3, 0.4) is 0 Å². The third kappa shape index (κ3) is 5.85. The zero-order valence-corrected chi connectivity index (χ0v) is 17.5. The van der Waals surface area contributed by atoms with E-state index in [1.807, 2.05) is 13.8 Å². The van der Waals surface area contributed by atoms with Crippen LogP contribution in [0.15, 0.2) is 10.5 Å². The van der Waals surface area contributed by atoms with Crippen molar-refractivity contribution >= 4 is 40.0 Å². The number of thiophene rings is 1. The number of nitrogens with zero attached hydrogens (tertiary/aromatic N) is 3. The minimum atomic E-state index is -4.75. The van der Waals surface area contributed by atoms with E-state index in [0.717, 1.165) is 5.56 Å². The second-order valence-corrected chi connectivity index (χ2v) is 8.12. The van der Waals surface area contributed by atoms with E-state index in [9.17, 15) is 22.8 Å². The van der Waals surface area contributed by atoms with E-state index in [0.29, 0.717) is 28.7 Å². The number of aromatic nitrogens is 3. The molecule has 13 heteroatoms. The van der Waals surface area contributed by atoms with Crippen LogP contribution in [-0.4, -0.2) is 39.1 Å². The van der Waals surface area contributed by atoms with Gasteiger partial charge in [0.25, 0.3) is 5.82 Å². The van der Waals surface area contributed by atoms with Gasteiger partial charge in [-0.15, -0.1) is 21.5 Å². The predicted molar refractivity (Wildman–Crippen MR) is 103 cm³/mol. The van der Waals surface area contributed by atoms with Gasteiger partial charge in [-0.25, -0.2) is 9.47 Å². The Morgan fingerprint density at radius 1 is 1.38 bits per heavy atom. The lowest BCUT2D eigenvalue weighted by Crippen LogP contribution is -2.22. The summed E-state index contributed by atoms with van der Waals surface area (Å²) in [4.78, 5) is 24.6. The minimum absolute atomic E-state index is 0.187. The number of nitrogens with one attached hydrogen (secondary N) is 1. The number of carbonyl (C=O) groups excluding carboxylic acids is 2. The summed E-state index contributed by atoms with van der Waals surface area (Å²) < 4.78 is 43.4. The Balaban J connectivity index is 2.10. The van der Waals surface area contributed by atoms with E-state index >= 15 is 0 Å². The van der Waals surface area contributed by atoms with Gasteiger partial charge in [-0.1, -0.05) is 25.6 Å². The normalized spacial score (nSPS) is 11.7. The van der Waals surface area contributed by atoms with Gasteiger partial charge < -0.3 is 15.9 Å². The van der Waals surface area contributed by atoms with E-state index < -0.39 is 23.9 Å². The number of carbonyl (C=O) groups is 2. The molecule has 0 aliphatic rings. The molecule has 0 aliphatic heterocycles. The molecule has 2 aromatic heterocycles. The first-order valence-electron chi connectivity index (χ1n) is 8.52. The van der Waals surface area contributed by atoms with Crippen molar-refractivity contribution in [3.05, 3.63) is 22.3 Å². The molecule has 8 nitrogen and oxygen atoms in total. The highest BCUT2D eigenvalue weighted by Crippen LogP contribution is 2.32. The average molecular weight is 451 g/mol. The molecule has 0 radical (unpaired) electrons. The van der Waals surface area contributed by atoms with Crippen molar-refractivity contribution in [3.63, 3.8) is 0 Å². The van der Waals surface area contributed by atoms with Gasteiger partial charge in [-0.05, 0) is 30.2 Å². The van der Waals surface area contributed by atoms with Gasteiger partial charge in [-0.2, -0.15) is 13.2 Å². The Kier molecular flexibility index (Phi) is 7.52. The third-order valence-corrected chi connectivity index (χ3v) is 5.37. The molecule has 0 saturated carbocycles. The first-order chi connectivity index (χ1) is 13.5. The zero-order valence-electron chi connectivity index (χ0n) is 15.9. The monoisotopic (exact) mass is 451 g/mol. The maximum absolute atomic E-state index is 12.7. The summed E-state index contributed by atoms with van der Waals surface area (Å²) >= 11 is 1.88. The van der Waals surface area contributed by atoms with Crippen LogP contribution < -0.4 is 11.2 Å². The average Bonchev–Trinajstić information content (AvgIpc) is 3.16. The molecular weight excluding hydrogens is 431 g/mol. The lowest BCUT2D eigenvalue weighted by atomic mass is 10.0. The van der Waals surface area contributed by atoms with E-state index in [-0.39, 0.29) is 28.1 Å². The smallest absolute Gasteiger partial charge is 0.453 e. The van der Waals surface area contributed by atoms with Crippen LogP contribution in [0.2, 0.25) is 0 Å². The first kappa shape index (κ1) is 23.0. The summed E-state index contributed by atoms with van der Waals surface area (Å²) in [5.74, 6) is 2.92. The summed E-state index contributed by atoms with van der Waals surface area (Å²) in [5.41, 5.74) is 1.06. The van der Waals surface area contributed by atoms with Gasteiger partial charge in [0.15, 0.2) is 0 Å². The summed E-state index contributed by atoms with van der Waals surface area (Å²) in [6.45, 7) is 5.87. The molecule has 0 aromatic carbocycles.